The summed E-state index contributed by atoms with van der Waals surface area (Å²) in [5.41, 5.74) is 0. The zero-order valence-corrected chi connectivity index (χ0v) is 14.9. The van der Waals surface area contributed by atoms with Crippen LogP contribution in [0.4, 0.5) is 0 Å². The van der Waals surface area contributed by atoms with Crippen LogP contribution >= 0.6 is 23.2 Å². The quantitative estimate of drug-likeness (QED) is 0.736. The molecule has 0 bridgehead atoms. The molecule has 0 aliphatic carbocycles. The number of ether oxygens (including phenoxy) is 1. The van der Waals surface area contributed by atoms with Gasteiger partial charge in [0, 0.05) is 20.7 Å². The first-order valence-corrected chi connectivity index (χ1v) is 8.83. The first-order chi connectivity index (χ1) is 10.9. The Morgan fingerprint density at radius 2 is 2.09 bits per heavy atom. The second kappa shape index (κ2) is 7.59. The molecule has 0 fully saturated rings. The van der Waals surface area contributed by atoms with E-state index in [0.29, 0.717) is 19.0 Å². The standard InChI is InChI=1S/C13H16Cl2N4O3S/c1-18(8-12-17-16-9-19(12)6-7-22-2)23(20,21)11-5-3-4-10(14)13(11)15/h3-5,9H,6-8H2,1-2H3. The molecule has 0 spiro atoms. The van der Waals surface area contributed by atoms with Crippen molar-refractivity contribution < 1.29 is 13.2 Å². The van der Waals surface area contributed by atoms with Crippen LogP contribution in [0.1, 0.15) is 5.82 Å². The van der Waals surface area contributed by atoms with E-state index in [0.717, 1.165) is 4.31 Å². The minimum absolute atomic E-state index is 0.00173. The molecule has 0 saturated carbocycles. The predicted octanol–water partition coefficient (Wildman–Crippen LogP) is 2.05. The zero-order chi connectivity index (χ0) is 17.0. The van der Waals surface area contributed by atoms with Crippen LogP contribution in [0.25, 0.3) is 0 Å². The topological polar surface area (TPSA) is 77.3 Å². The van der Waals surface area contributed by atoms with Crippen molar-refractivity contribution in [1.29, 1.82) is 0 Å². The van der Waals surface area contributed by atoms with Crippen LogP contribution in [0.2, 0.25) is 10.0 Å². The van der Waals surface area contributed by atoms with Crippen molar-refractivity contribution >= 4 is 33.2 Å². The molecule has 1 aromatic carbocycles. The highest BCUT2D eigenvalue weighted by atomic mass is 35.5. The highest BCUT2D eigenvalue weighted by molar-refractivity contribution is 7.89. The molecular weight excluding hydrogens is 363 g/mol. The molecular formula is C13H16Cl2N4O3S. The molecule has 10 heteroatoms. The van der Waals surface area contributed by atoms with Gasteiger partial charge in [0.2, 0.25) is 10.0 Å². The molecule has 0 N–H and O–H groups in total. The van der Waals surface area contributed by atoms with E-state index in [2.05, 4.69) is 10.2 Å². The maximum absolute atomic E-state index is 12.7. The van der Waals surface area contributed by atoms with Crippen molar-refractivity contribution in [3.05, 3.63) is 40.4 Å². The first-order valence-electron chi connectivity index (χ1n) is 6.64. The lowest BCUT2D eigenvalue weighted by Gasteiger charge is -2.18. The summed E-state index contributed by atoms with van der Waals surface area (Å²) in [4.78, 5) is -0.0443. The zero-order valence-electron chi connectivity index (χ0n) is 12.6. The second-order valence-corrected chi connectivity index (χ2v) is 7.54. The van der Waals surface area contributed by atoms with Crippen LogP contribution in [0, 0.1) is 0 Å². The molecule has 7 nitrogen and oxygen atoms in total. The summed E-state index contributed by atoms with van der Waals surface area (Å²) in [6.07, 6.45) is 1.53. The molecule has 0 amide bonds. The van der Waals surface area contributed by atoms with Gasteiger partial charge in [-0.05, 0) is 12.1 Å². The number of nitrogens with zero attached hydrogens (tertiary/aromatic N) is 4. The van der Waals surface area contributed by atoms with Gasteiger partial charge in [-0.15, -0.1) is 10.2 Å². The summed E-state index contributed by atoms with van der Waals surface area (Å²) in [5, 5.41) is 7.94. The SMILES string of the molecule is COCCn1cnnc1CN(C)S(=O)(=O)c1cccc(Cl)c1Cl. The summed E-state index contributed by atoms with van der Waals surface area (Å²) in [7, 11) is -0.770. The number of hydrogen-bond donors (Lipinski definition) is 0. The van der Waals surface area contributed by atoms with Gasteiger partial charge in [0.25, 0.3) is 0 Å². The molecule has 2 aromatic rings. The van der Waals surface area contributed by atoms with E-state index < -0.39 is 10.0 Å². The Hall–Kier alpha value is -1.19. The number of halogens is 2. The van der Waals surface area contributed by atoms with Gasteiger partial charge < -0.3 is 9.30 Å². The highest BCUT2D eigenvalue weighted by Crippen LogP contribution is 2.30. The molecule has 0 atom stereocenters. The molecule has 2 rings (SSSR count). The lowest BCUT2D eigenvalue weighted by Crippen LogP contribution is -2.28. The fourth-order valence-corrected chi connectivity index (χ4v) is 3.77. The van der Waals surface area contributed by atoms with Gasteiger partial charge in [0.15, 0.2) is 0 Å². The molecule has 1 aromatic heterocycles. The monoisotopic (exact) mass is 378 g/mol. The molecule has 23 heavy (non-hydrogen) atoms. The van der Waals surface area contributed by atoms with Crippen LogP contribution < -0.4 is 0 Å². The third-order valence-corrected chi connectivity index (χ3v) is 5.98. The molecule has 0 aliphatic heterocycles. The van der Waals surface area contributed by atoms with E-state index in [4.69, 9.17) is 27.9 Å². The summed E-state index contributed by atoms with van der Waals surface area (Å²) in [5.74, 6) is 0.506. The minimum Gasteiger partial charge on any atom is -0.383 e. The second-order valence-electron chi connectivity index (χ2n) is 4.75. The summed E-state index contributed by atoms with van der Waals surface area (Å²) >= 11 is 11.9. The fraction of sp³-hybridized carbons (Fsp3) is 0.385. The van der Waals surface area contributed by atoms with E-state index in [-0.39, 0.29) is 21.5 Å². The molecule has 1 heterocycles. The van der Waals surface area contributed by atoms with E-state index >= 15 is 0 Å². The van der Waals surface area contributed by atoms with E-state index in [1.54, 1.807) is 11.7 Å². The van der Waals surface area contributed by atoms with Gasteiger partial charge >= 0.3 is 0 Å². The van der Waals surface area contributed by atoms with Gasteiger partial charge in [-0.25, -0.2) is 8.42 Å². The normalized spacial score (nSPS) is 12.0. The van der Waals surface area contributed by atoms with Crippen molar-refractivity contribution in [2.24, 2.45) is 0 Å². The Balaban J connectivity index is 2.24. The summed E-state index contributed by atoms with van der Waals surface area (Å²) in [6, 6.07) is 4.48. The Morgan fingerprint density at radius 1 is 1.35 bits per heavy atom. The van der Waals surface area contributed by atoms with Crippen LogP contribution in [-0.2, 0) is 27.8 Å². The maximum Gasteiger partial charge on any atom is 0.244 e. The van der Waals surface area contributed by atoms with E-state index in [9.17, 15) is 8.42 Å². The van der Waals surface area contributed by atoms with Gasteiger partial charge in [0.1, 0.15) is 17.0 Å². The highest BCUT2D eigenvalue weighted by Gasteiger charge is 2.26. The van der Waals surface area contributed by atoms with Gasteiger partial charge in [0.05, 0.1) is 23.2 Å². The number of benzene rings is 1. The Labute approximate surface area is 144 Å². The Bertz CT molecular complexity index is 779. The minimum atomic E-state index is -3.80. The van der Waals surface area contributed by atoms with Gasteiger partial charge in [-0.1, -0.05) is 29.3 Å². The molecule has 0 saturated heterocycles. The van der Waals surface area contributed by atoms with E-state index in [1.165, 1.54) is 31.6 Å². The van der Waals surface area contributed by atoms with Crippen molar-refractivity contribution in [3.63, 3.8) is 0 Å². The molecule has 126 valence electrons. The maximum atomic E-state index is 12.7. The third kappa shape index (κ3) is 4.02. The summed E-state index contributed by atoms with van der Waals surface area (Å²) < 4.78 is 33.2. The molecule has 0 unspecified atom stereocenters. The van der Waals surface area contributed by atoms with Crippen LogP contribution in [0.5, 0.6) is 0 Å². The fourth-order valence-electron chi connectivity index (χ4n) is 1.91. The average Bonchev–Trinajstić information content (AvgIpc) is 2.94. The number of aromatic nitrogens is 3. The Morgan fingerprint density at radius 3 is 2.78 bits per heavy atom. The molecule has 0 radical (unpaired) electrons. The van der Waals surface area contributed by atoms with Crippen molar-refractivity contribution in [2.75, 3.05) is 20.8 Å². The molecule has 0 aliphatic rings. The average molecular weight is 379 g/mol. The smallest absolute Gasteiger partial charge is 0.244 e. The van der Waals surface area contributed by atoms with E-state index in [1.807, 2.05) is 0 Å². The van der Waals surface area contributed by atoms with Crippen molar-refractivity contribution in [2.45, 2.75) is 18.0 Å². The summed E-state index contributed by atoms with van der Waals surface area (Å²) in [6.45, 7) is 1.06. The van der Waals surface area contributed by atoms with Crippen LogP contribution in [0.3, 0.4) is 0 Å². The number of methoxy groups -OCH3 is 1. The van der Waals surface area contributed by atoms with Crippen molar-refractivity contribution in [1.82, 2.24) is 19.1 Å². The number of rotatable bonds is 7. The largest absolute Gasteiger partial charge is 0.383 e. The third-order valence-electron chi connectivity index (χ3n) is 3.20. The van der Waals surface area contributed by atoms with Crippen molar-refractivity contribution in [3.8, 4) is 0 Å². The van der Waals surface area contributed by atoms with Crippen LogP contribution in [0.15, 0.2) is 29.4 Å². The lowest BCUT2D eigenvalue weighted by atomic mass is 10.4. The predicted molar refractivity (Wildman–Crippen MR) is 87.0 cm³/mol. The number of sulfonamides is 1. The van der Waals surface area contributed by atoms with Gasteiger partial charge in [-0.3, -0.25) is 0 Å². The number of hydrogen-bond acceptors (Lipinski definition) is 5. The first kappa shape index (κ1) is 18.2. The lowest BCUT2D eigenvalue weighted by molar-refractivity contribution is 0.185. The van der Waals surface area contributed by atoms with Crippen LogP contribution in [-0.4, -0.2) is 48.3 Å². The van der Waals surface area contributed by atoms with Gasteiger partial charge in [-0.2, -0.15) is 4.31 Å². The Kier molecular flexibility index (Phi) is 5.99.